The van der Waals surface area contributed by atoms with Crippen LogP contribution in [0.4, 0.5) is 0 Å². The van der Waals surface area contributed by atoms with Crippen LogP contribution >= 0.6 is 0 Å². The highest BCUT2D eigenvalue weighted by Gasteiger charge is 2.20. The van der Waals surface area contributed by atoms with Crippen LogP contribution in [0.1, 0.15) is 6.92 Å². The van der Waals surface area contributed by atoms with Gasteiger partial charge in [0, 0.05) is 5.57 Å². The molecule has 1 rings (SSSR count). The van der Waals surface area contributed by atoms with E-state index in [1.54, 1.807) is 6.92 Å². The van der Waals surface area contributed by atoms with E-state index >= 15 is 0 Å². The van der Waals surface area contributed by atoms with Gasteiger partial charge in [-0.05, 0) is 6.92 Å². The Labute approximate surface area is 57.7 Å². The number of aliphatic hydroxyl groups is 3. The fourth-order valence-corrected chi connectivity index (χ4v) is 0.606. The lowest BCUT2D eigenvalue weighted by molar-refractivity contribution is -0.0577. The highest BCUT2D eigenvalue weighted by molar-refractivity contribution is 5.26. The third kappa shape index (κ3) is 0.930. The smallest absolute Gasteiger partial charge is 0.259 e. The SMILES string of the molecule is CC1=COC(O)C(O)=C1O. The van der Waals surface area contributed by atoms with Gasteiger partial charge in [0.15, 0.2) is 5.76 Å². The summed E-state index contributed by atoms with van der Waals surface area (Å²) in [7, 11) is 0. The van der Waals surface area contributed by atoms with Crippen molar-refractivity contribution >= 4 is 0 Å². The van der Waals surface area contributed by atoms with Crippen LogP contribution < -0.4 is 0 Å². The molecule has 0 amide bonds. The molecule has 0 aliphatic carbocycles. The van der Waals surface area contributed by atoms with Crippen molar-refractivity contribution in [2.75, 3.05) is 0 Å². The average molecular weight is 144 g/mol. The lowest BCUT2D eigenvalue weighted by Crippen LogP contribution is -2.18. The summed E-state index contributed by atoms with van der Waals surface area (Å²) in [4.78, 5) is 0. The van der Waals surface area contributed by atoms with Gasteiger partial charge in [-0.3, -0.25) is 0 Å². The van der Waals surface area contributed by atoms with E-state index in [0.29, 0.717) is 5.57 Å². The number of hydrogen-bond acceptors (Lipinski definition) is 4. The molecule has 4 heteroatoms. The predicted octanol–water partition coefficient (Wildman–Crippen LogP) is 0.566. The molecule has 1 heterocycles. The molecule has 1 aliphatic heterocycles. The summed E-state index contributed by atoms with van der Waals surface area (Å²) in [5.41, 5.74) is 0.391. The van der Waals surface area contributed by atoms with Crippen molar-refractivity contribution in [2.24, 2.45) is 0 Å². The fourth-order valence-electron chi connectivity index (χ4n) is 0.606. The summed E-state index contributed by atoms with van der Waals surface area (Å²) in [5.74, 6) is -0.862. The molecule has 0 radical (unpaired) electrons. The van der Waals surface area contributed by atoms with Gasteiger partial charge >= 0.3 is 0 Å². The number of ether oxygens (including phenoxy) is 1. The maximum absolute atomic E-state index is 8.94. The largest absolute Gasteiger partial charge is 0.504 e. The topological polar surface area (TPSA) is 69.9 Å². The molecule has 1 aliphatic rings. The van der Waals surface area contributed by atoms with Gasteiger partial charge in [-0.1, -0.05) is 0 Å². The third-order valence-electron chi connectivity index (χ3n) is 1.22. The van der Waals surface area contributed by atoms with E-state index in [9.17, 15) is 0 Å². The zero-order valence-corrected chi connectivity index (χ0v) is 5.40. The fraction of sp³-hybridized carbons (Fsp3) is 0.333. The van der Waals surface area contributed by atoms with E-state index in [2.05, 4.69) is 4.74 Å². The van der Waals surface area contributed by atoms with Crippen LogP contribution in [0.3, 0.4) is 0 Å². The molecular weight excluding hydrogens is 136 g/mol. The van der Waals surface area contributed by atoms with Crippen molar-refractivity contribution in [3.8, 4) is 0 Å². The Hall–Kier alpha value is -1.16. The van der Waals surface area contributed by atoms with Crippen molar-refractivity contribution < 1.29 is 20.1 Å². The second kappa shape index (κ2) is 2.22. The highest BCUT2D eigenvalue weighted by atomic mass is 16.6. The molecule has 4 nitrogen and oxygen atoms in total. The number of hydrogen-bond donors (Lipinski definition) is 3. The zero-order chi connectivity index (χ0) is 7.72. The van der Waals surface area contributed by atoms with Gasteiger partial charge < -0.3 is 20.1 Å². The van der Waals surface area contributed by atoms with Crippen LogP contribution in [0.25, 0.3) is 0 Å². The Morgan fingerprint density at radius 2 is 2.10 bits per heavy atom. The quantitative estimate of drug-likeness (QED) is 0.464. The first kappa shape index (κ1) is 6.95. The number of allylic oxidation sites excluding steroid dienone is 1. The van der Waals surface area contributed by atoms with E-state index in [-0.39, 0.29) is 5.76 Å². The van der Waals surface area contributed by atoms with Crippen molar-refractivity contribution in [2.45, 2.75) is 13.2 Å². The Morgan fingerprint density at radius 3 is 2.60 bits per heavy atom. The maximum Gasteiger partial charge on any atom is 0.259 e. The molecule has 0 saturated carbocycles. The summed E-state index contributed by atoms with van der Waals surface area (Å²) >= 11 is 0. The zero-order valence-electron chi connectivity index (χ0n) is 5.40. The van der Waals surface area contributed by atoms with Crippen molar-refractivity contribution in [3.63, 3.8) is 0 Å². The number of rotatable bonds is 0. The van der Waals surface area contributed by atoms with Crippen LogP contribution in [0, 0.1) is 0 Å². The Kier molecular flexibility index (Phi) is 1.55. The molecular formula is C6H8O4. The highest BCUT2D eigenvalue weighted by Crippen LogP contribution is 2.18. The second-order valence-electron chi connectivity index (χ2n) is 2.02. The van der Waals surface area contributed by atoms with Crippen LogP contribution in [0.2, 0.25) is 0 Å². The van der Waals surface area contributed by atoms with E-state index in [4.69, 9.17) is 15.3 Å². The second-order valence-corrected chi connectivity index (χ2v) is 2.02. The van der Waals surface area contributed by atoms with Crippen LogP contribution in [0.5, 0.6) is 0 Å². The molecule has 10 heavy (non-hydrogen) atoms. The minimum Gasteiger partial charge on any atom is -0.504 e. The lowest BCUT2D eigenvalue weighted by atomic mass is 10.2. The predicted molar refractivity (Wildman–Crippen MR) is 33.1 cm³/mol. The molecule has 0 fully saturated rings. The average Bonchev–Trinajstić information content (AvgIpc) is 1.93. The van der Waals surface area contributed by atoms with Crippen molar-refractivity contribution in [1.82, 2.24) is 0 Å². The molecule has 0 aromatic rings. The normalized spacial score (nSPS) is 25.8. The third-order valence-corrected chi connectivity index (χ3v) is 1.22. The minimum absolute atomic E-state index is 0.321. The lowest BCUT2D eigenvalue weighted by Gasteiger charge is -2.16. The summed E-state index contributed by atoms with van der Waals surface area (Å²) in [6.45, 7) is 1.55. The van der Waals surface area contributed by atoms with E-state index in [0.717, 1.165) is 0 Å². The van der Waals surface area contributed by atoms with Gasteiger partial charge in [-0.15, -0.1) is 0 Å². The summed E-state index contributed by atoms with van der Waals surface area (Å²) in [6, 6.07) is 0. The van der Waals surface area contributed by atoms with E-state index in [1.165, 1.54) is 6.26 Å². The van der Waals surface area contributed by atoms with Gasteiger partial charge in [-0.2, -0.15) is 0 Å². The molecule has 0 aromatic heterocycles. The molecule has 3 N–H and O–H groups in total. The van der Waals surface area contributed by atoms with Gasteiger partial charge in [0.05, 0.1) is 6.26 Å². The molecule has 1 unspecified atom stereocenters. The monoisotopic (exact) mass is 144 g/mol. The first-order valence-electron chi connectivity index (χ1n) is 2.75. The van der Waals surface area contributed by atoms with Gasteiger partial charge in [0.1, 0.15) is 0 Å². The molecule has 0 aromatic carbocycles. The molecule has 0 bridgehead atoms. The van der Waals surface area contributed by atoms with Crippen LogP contribution in [-0.2, 0) is 4.74 Å². The van der Waals surface area contributed by atoms with Crippen molar-refractivity contribution in [1.29, 1.82) is 0 Å². The minimum atomic E-state index is -1.43. The van der Waals surface area contributed by atoms with Gasteiger partial charge in [-0.25, -0.2) is 0 Å². The number of aliphatic hydroxyl groups excluding tert-OH is 3. The standard InChI is InChI=1S/C6H8O4/c1-3-2-10-6(9)5(8)4(3)7/h2,6-9H,1H3. The Balaban J connectivity index is 2.94. The molecule has 1 atom stereocenters. The summed E-state index contributed by atoms with van der Waals surface area (Å²) in [6.07, 6.45) is -0.247. The van der Waals surface area contributed by atoms with Crippen molar-refractivity contribution in [3.05, 3.63) is 23.4 Å². The van der Waals surface area contributed by atoms with Crippen LogP contribution in [-0.4, -0.2) is 21.6 Å². The van der Waals surface area contributed by atoms with Gasteiger partial charge in [0.25, 0.3) is 6.29 Å². The first-order chi connectivity index (χ1) is 4.63. The van der Waals surface area contributed by atoms with E-state index < -0.39 is 12.0 Å². The molecule has 0 spiro atoms. The Bertz CT molecular complexity index is 204. The summed E-state index contributed by atoms with van der Waals surface area (Å²) in [5, 5.41) is 26.5. The first-order valence-corrected chi connectivity index (χ1v) is 2.75. The molecule has 56 valence electrons. The molecule has 0 saturated heterocycles. The van der Waals surface area contributed by atoms with E-state index in [1.807, 2.05) is 0 Å². The summed E-state index contributed by atoms with van der Waals surface area (Å²) < 4.78 is 4.50. The van der Waals surface area contributed by atoms with Gasteiger partial charge in [0.2, 0.25) is 5.76 Å². The Morgan fingerprint density at radius 1 is 1.50 bits per heavy atom. The van der Waals surface area contributed by atoms with Crippen LogP contribution in [0.15, 0.2) is 23.4 Å². The maximum atomic E-state index is 8.94.